The molecule has 98 valence electrons. The third-order valence-corrected chi connectivity index (χ3v) is 4.44. The van der Waals surface area contributed by atoms with E-state index >= 15 is 0 Å². The second kappa shape index (κ2) is 5.57. The van der Waals surface area contributed by atoms with Crippen LogP contribution in [0.25, 0.3) is 10.9 Å². The molecule has 5 nitrogen and oxygen atoms in total. The van der Waals surface area contributed by atoms with Gasteiger partial charge in [-0.05, 0) is 12.1 Å². The summed E-state index contributed by atoms with van der Waals surface area (Å²) in [4.78, 5) is 4.37. The van der Waals surface area contributed by atoms with Crippen molar-refractivity contribution in [2.45, 2.75) is 5.03 Å². The molecule has 0 saturated carbocycles. The van der Waals surface area contributed by atoms with Gasteiger partial charge in [0.05, 0.1) is 16.8 Å². The number of nitrogens with two attached hydrogens (primary N) is 1. The van der Waals surface area contributed by atoms with Gasteiger partial charge in [-0.3, -0.25) is 0 Å². The van der Waals surface area contributed by atoms with Crippen LogP contribution < -0.4 is 5.14 Å². The molecule has 2 rings (SSSR count). The van der Waals surface area contributed by atoms with Crippen LogP contribution in [-0.4, -0.2) is 24.9 Å². The first-order chi connectivity index (χ1) is 8.99. The van der Waals surface area contributed by atoms with Crippen molar-refractivity contribution in [1.82, 2.24) is 4.98 Å². The fourth-order valence-corrected chi connectivity index (χ4v) is 3.42. The lowest BCUT2D eigenvalue weighted by Gasteiger charge is -2.05. The lowest BCUT2D eigenvalue weighted by molar-refractivity contribution is 0.599. The van der Waals surface area contributed by atoms with Crippen molar-refractivity contribution in [3.63, 3.8) is 0 Å². The van der Waals surface area contributed by atoms with Crippen LogP contribution in [0.4, 0.5) is 0 Å². The molecular formula is C12H11N3O2S2. The van der Waals surface area contributed by atoms with Crippen LogP contribution in [0.1, 0.15) is 5.56 Å². The molecule has 0 amide bonds. The van der Waals surface area contributed by atoms with Gasteiger partial charge >= 0.3 is 0 Å². The summed E-state index contributed by atoms with van der Waals surface area (Å²) in [6.45, 7) is 0. The van der Waals surface area contributed by atoms with Gasteiger partial charge in [0, 0.05) is 11.1 Å². The van der Waals surface area contributed by atoms with Gasteiger partial charge in [-0.2, -0.15) is 5.26 Å². The molecule has 0 radical (unpaired) electrons. The standard InChI is InChI=1S/C12H11N3O2S2/c13-8-10-7-9-3-1-2-4-11(9)15-12(10)18-5-6-19(14,16)17/h1-4,7H,5-6H2,(H2,14,16,17). The van der Waals surface area contributed by atoms with Crippen LogP contribution in [0.3, 0.4) is 0 Å². The van der Waals surface area contributed by atoms with Crippen LogP contribution in [0, 0.1) is 11.3 Å². The second-order valence-corrected chi connectivity index (χ2v) is 6.68. The Morgan fingerprint density at radius 1 is 1.37 bits per heavy atom. The summed E-state index contributed by atoms with van der Waals surface area (Å²) in [6.07, 6.45) is 0. The summed E-state index contributed by atoms with van der Waals surface area (Å²) in [5.74, 6) is 0.135. The van der Waals surface area contributed by atoms with Gasteiger partial charge < -0.3 is 0 Å². The number of hydrogen-bond donors (Lipinski definition) is 1. The first-order valence-corrected chi connectivity index (χ1v) is 8.13. The zero-order valence-corrected chi connectivity index (χ0v) is 11.5. The van der Waals surface area contributed by atoms with Gasteiger partial charge in [0.1, 0.15) is 11.1 Å². The van der Waals surface area contributed by atoms with Crippen LogP contribution >= 0.6 is 11.8 Å². The molecule has 0 atom stereocenters. The minimum absolute atomic E-state index is 0.142. The van der Waals surface area contributed by atoms with Crippen molar-refractivity contribution in [3.8, 4) is 6.07 Å². The van der Waals surface area contributed by atoms with Gasteiger partial charge in [0.25, 0.3) is 0 Å². The van der Waals surface area contributed by atoms with E-state index in [9.17, 15) is 8.42 Å². The molecule has 0 bridgehead atoms. The molecule has 0 spiro atoms. The van der Waals surface area contributed by atoms with Crippen molar-refractivity contribution >= 4 is 32.7 Å². The summed E-state index contributed by atoms with van der Waals surface area (Å²) < 4.78 is 21.7. The highest BCUT2D eigenvalue weighted by molar-refractivity contribution is 8.00. The number of nitriles is 1. The van der Waals surface area contributed by atoms with Gasteiger partial charge in [-0.25, -0.2) is 18.5 Å². The average Bonchev–Trinajstić information content (AvgIpc) is 2.36. The van der Waals surface area contributed by atoms with E-state index in [4.69, 9.17) is 10.4 Å². The van der Waals surface area contributed by atoms with E-state index in [2.05, 4.69) is 11.1 Å². The summed E-state index contributed by atoms with van der Waals surface area (Å²) in [5.41, 5.74) is 1.22. The molecule has 0 aliphatic heterocycles. The molecule has 1 heterocycles. The number of primary sulfonamides is 1. The normalized spacial score (nSPS) is 11.4. The third-order valence-electron chi connectivity index (χ3n) is 2.42. The molecule has 0 unspecified atom stereocenters. The Kier molecular flexibility index (Phi) is 4.04. The molecule has 0 fully saturated rings. The highest BCUT2D eigenvalue weighted by Gasteiger charge is 2.09. The fraction of sp³-hybridized carbons (Fsp3) is 0.167. The Balaban J connectivity index is 2.29. The topological polar surface area (TPSA) is 96.8 Å². The van der Waals surface area contributed by atoms with Crippen molar-refractivity contribution in [2.24, 2.45) is 5.14 Å². The third kappa shape index (κ3) is 3.67. The van der Waals surface area contributed by atoms with Crippen molar-refractivity contribution in [1.29, 1.82) is 5.26 Å². The molecule has 19 heavy (non-hydrogen) atoms. The predicted molar refractivity (Wildman–Crippen MR) is 75.2 cm³/mol. The van der Waals surface area contributed by atoms with Gasteiger partial charge in [-0.15, -0.1) is 11.8 Å². The Labute approximate surface area is 115 Å². The number of nitrogens with zero attached hydrogens (tertiary/aromatic N) is 2. The van der Waals surface area contributed by atoms with Crippen LogP contribution in [0.2, 0.25) is 0 Å². The van der Waals surface area contributed by atoms with E-state index < -0.39 is 10.0 Å². The maximum absolute atomic E-state index is 10.9. The molecule has 1 aromatic heterocycles. The van der Waals surface area contributed by atoms with Crippen LogP contribution in [0.5, 0.6) is 0 Å². The lowest BCUT2D eigenvalue weighted by Crippen LogP contribution is -2.17. The summed E-state index contributed by atoms with van der Waals surface area (Å²) in [5, 5.41) is 15.4. The number of sulfonamides is 1. The van der Waals surface area contributed by atoms with Crippen molar-refractivity contribution < 1.29 is 8.42 Å². The summed E-state index contributed by atoms with van der Waals surface area (Å²) in [6, 6.07) is 11.3. The van der Waals surface area contributed by atoms with Gasteiger partial charge in [-0.1, -0.05) is 18.2 Å². The van der Waals surface area contributed by atoms with Gasteiger partial charge in [0.15, 0.2) is 0 Å². The summed E-state index contributed by atoms with van der Waals surface area (Å²) in [7, 11) is -3.49. The summed E-state index contributed by atoms with van der Waals surface area (Å²) >= 11 is 1.22. The number of pyridine rings is 1. The Morgan fingerprint density at radius 2 is 2.11 bits per heavy atom. The van der Waals surface area contributed by atoms with E-state index in [1.165, 1.54) is 11.8 Å². The average molecular weight is 293 g/mol. The zero-order chi connectivity index (χ0) is 13.9. The smallest absolute Gasteiger partial charge is 0.209 e. The maximum Gasteiger partial charge on any atom is 0.209 e. The predicted octanol–water partition coefficient (Wildman–Crippen LogP) is 1.49. The van der Waals surface area contributed by atoms with E-state index in [-0.39, 0.29) is 11.5 Å². The molecule has 7 heteroatoms. The molecule has 2 N–H and O–H groups in total. The minimum atomic E-state index is -3.49. The van der Waals surface area contributed by atoms with Crippen LogP contribution in [-0.2, 0) is 10.0 Å². The number of hydrogen-bond acceptors (Lipinski definition) is 5. The molecule has 2 aromatic rings. The second-order valence-electron chi connectivity index (χ2n) is 3.86. The van der Waals surface area contributed by atoms with E-state index in [1.54, 1.807) is 6.07 Å². The number of para-hydroxylation sites is 1. The number of rotatable bonds is 4. The number of thioether (sulfide) groups is 1. The molecular weight excluding hydrogens is 282 g/mol. The first-order valence-electron chi connectivity index (χ1n) is 5.43. The minimum Gasteiger partial charge on any atom is -0.240 e. The molecule has 0 aliphatic rings. The maximum atomic E-state index is 10.9. The number of fused-ring (bicyclic) bond motifs is 1. The molecule has 0 aliphatic carbocycles. The Morgan fingerprint density at radius 3 is 2.79 bits per heavy atom. The van der Waals surface area contributed by atoms with E-state index in [1.807, 2.05) is 24.3 Å². The van der Waals surface area contributed by atoms with Crippen molar-refractivity contribution in [2.75, 3.05) is 11.5 Å². The SMILES string of the molecule is N#Cc1cc2ccccc2nc1SCCS(N)(=O)=O. The van der Waals surface area contributed by atoms with Crippen LogP contribution in [0.15, 0.2) is 35.4 Å². The highest BCUT2D eigenvalue weighted by atomic mass is 32.2. The highest BCUT2D eigenvalue weighted by Crippen LogP contribution is 2.24. The lowest BCUT2D eigenvalue weighted by atomic mass is 10.2. The molecule has 1 aromatic carbocycles. The monoisotopic (exact) mass is 293 g/mol. The quantitative estimate of drug-likeness (QED) is 0.861. The number of benzene rings is 1. The first kappa shape index (κ1) is 13.8. The van der Waals surface area contributed by atoms with Crippen molar-refractivity contribution in [3.05, 3.63) is 35.9 Å². The Bertz CT molecular complexity index is 751. The molecule has 0 saturated heterocycles. The Hall–Kier alpha value is -1.62. The van der Waals surface area contributed by atoms with E-state index in [0.717, 1.165) is 10.9 Å². The number of aromatic nitrogens is 1. The zero-order valence-electron chi connectivity index (χ0n) is 9.91. The van der Waals surface area contributed by atoms with E-state index in [0.29, 0.717) is 10.6 Å². The fourth-order valence-electron chi connectivity index (χ4n) is 1.54. The van der Waals surface area contributed by atoms with Gasteiger partial charge in [0.2, 0.25) is 10.0 Å². The largest absolute Gasteiger partial charge is 0.240 e.